The van der Waals surface area contributed by atoms with E-state index in [0.29, 0.717) is 29.0 Å². The lowest BCUT2D eigenvalue weighted by atomic mass is 10.1. The average Bonchev–Trinajstić information content (AvgIpc) is 3.10. The second-order valence-corrected chi connectivity index (χ2v) is 6.34. The molecule has 0 aliphatic heterocycles. The molecular formula is C12H18BrClN4O. The zero-order valence-electron chi connectivity index (χ0n) is 11.3. The minimum atomic E-state index is -0.0251. The molecule has 0 saturated heterocycles. The second kappa shape index (κ2) is 5.79. The molecule has 1 fully saturated rings. The summed E-state index contributed by atoms with van der Waals surface area (Å²) in [6, 6.07) is 0.299. The average molecular weight is 350 g/mol. The van der Waals surface area contributed by atoms with Gasteiger partial charge in [-0.2, -0.15) is 0 Å². The zero-order chi connectivity index (χ0) is 14.2. The van der Waals surface area contributed by atoms with Crippen molar-refractivity contribution in [2.75, 3.05) is 5.88 Å². The topological polar surface area (TPSA) is 51.0 Å². The van der Waals surface area contributed by atoms with Gasteiger partial charge in [-0.3, -0.25) is 4.79 Å². The Morgan fingerprint density at radius 2 is 2.32 bits per heavy atom. The molecule has 2 rings (SSSR count). The molecule has 1 aromatic heterocycles. The predicted molar refractivity (Wildman–Crippen MR) is 76.7 cm³/mol. The fourth-order valence-electron chi connectivity index (χ4n) is 2.42. The number of halogens is 2. The number of carbonyl (C=O) groups excluding carboxylic acids is 1. The van der Waals surface area contributed by atoms with E-state index in [2.05, 4.69) is 40.1 Å². The highest BCUT2D eigenvalue weighted by atomic mass is 79.9. The van der Waals surface area contributed by atoms with Crippen LogP contribution in [-0.2, 0) is 18.4 Å². The number of hydrogen-bond donors (Lipinski definition) is 0. The molecule has 1 saturated carbocycles. The van der Waals surface area contributed by atoms with Crippen LogP contribution in [0.15, 0.2) is 4.60 Å². The van der Waals surface area contributed by atoms with Crippen molar-refractivity contribution in [3.63, 3.8) is 0 Å². The molecule has 0 N–H and O–H groups in total. The predicted octanol–water partition coefficient (Wildman–Crippen LogP) is 2.19. The van der Waals surface area contributed by atoms with Gasteiger partial charge in [0.2, 0.25) is 5.91 Å². The quantitative estimate of drug-likeness (QED) is 0.766. The van der Waals surface area contributed by atoms with Crippen molar-refractivity contribution in [2.24, 2.45) is 18.9 Å². The summed E-state index contributed by atoms with van der Waals surface area (Å²) < 4.78 is 2.37. The molecule has 1 amide bonds. The number of aryl methyl sites for hydroxylation is 1. The summed E-state index contributed by atoms with van der Waals surface area (Å²) in [7, 11) is 1.82. The van der Waals surface area contributed by atoms with Crippen molar-refractivity contribution in [1.82, 2.24) is 19.9 Å². The van der Waals surface area contributed by atoms with Crippen LogP contribution in [0.5, 0.6) is 0 Å². The van der Waals surface area contributed by atoms with Crippen molar-refractivity contribution < 1.29 is 4.79 Å². The van der Waals surface area contributed by atoms with E-state index in [4.69, 9.17) is 11.6 Å². The number of carbonyl (C=O) groups is 1. The third-order valence-corrected chi connectivity index (χ3v) is 4.56. The smallest absolute Gasteiger partial charge is 0.238 e. The number of hydrogen-bond acceptors (Lipinski definition) is 3. The Hall–Kier alpha value is -0.620. The van der Waals surface area contributed by atoms with Crippen LogP contribution in [0.3, 0.4) is 0 Å². The standard InChI is InChI=1S/C12H18BrClN4O/c1-7(2)8-4-9(8)18(11(19)5-14)6-10-12(13)15-16-17(10)3/h7-9H,4-6H2,1-3H3/t8-,9+/m0/s1. The molecule has 0 aromatic carbocycles. The van der Waals surface area contributed by atoms with Crippen molar-refractivity contribution in [1.29, 1.82) is 0 Å². The van der Waals surface area contributed by atoms with Crippen LogP contribution in [0.1, 0.15) is 26.0 Å². The van der Waals surface area contributed by atoms with E-state index >= 15 is 0 Å². The van der Waals surface area contributed by atoms with Crippen molar-refractivity contribution in [3.05, 3.63) is 10.3 Å². The van der Waals surface area contributed by atoms with Crippen LogP contribution in [0.2, 0.25) is 0 Å². The molecule has 1 aliphatic rings. The van der Waals surface area contributed by atoms with Crippen molar-refractivity contribution >= 4 is 33.4 Å². The highest BCUT2D eigenvalue weighted by Gasteiger charge is 2.45. The van der Waals surface area contributed by atoms with Gasteiger partial charge in [-0.05, 0) is 34.2 Å². The molecule has 0 unspecified atom stereocenters. The zero-order valence-corrected chi connectivity index (χ0v) is 13.6. The van der Waals surface area contributed by atoms with E-state index in [1.54, 1.807) is 4.68 Å². The first-order chi connectivity index (χ1) is 8.95. The molecule has 0 radical (unpaired) electrons. The summed E-state index contributed by atoms with van der Waals surface area (Å²) in [6.45, 7) is 4.88. The fraction of sp³-hybridized carbons (Fsp3) is 0.750. The fourth-order valence-corrected chi connectivity index (χ4v) is 3.03. The Bertz CT molecular complexity index is 457. The maximum Gasteiger partial charge on any atom is 0.238 e. The van der Waals surface area contributed by atoms with Gasteiger partial charge in [0.25, 0.3) is 0 Å². The molecule has 7 heteroatoms. The van der Waals surface area contributed by atoms with Gasteiger partial charge in [-0.1, -0.05) is 19.1 Å². The number of nitrogens with zero attached hydrogens (tertiary/aromatic N) is 4. The molecule has 0 bridgehead atoms. The van der Waals surface area contributed by atoms with Gasteiger partial charge in [0, 0.05) is 13.1 Å². The largest absolute Gasteiger partial charge is 0.332 e. The van der Waals surface area contributed by atoms with Crippen LogP contribution in [0, 0.1) is 11.8 Å². The Morgan fingerprint density at radius 1 is 1.63 bits per heavy atom. The van der Waals surface area contributed by atoms with Gasteiger partial charge in [0.1, 0.15) is 5.88 Å². The minimum Gasteiger partial charge on any atom is -0.332 e. The van der Waals surface area contributed by atoms with Gasteiger partial charge in [-0.15, -0.1) is 16.7 Å². The van der Waals surface area contributed by atoms with Crippen LogP contribution in [0.4, 0.5) is 0 Å². The first-order valence-corrected chi connectivity index (χ1v) is 7.68. The maximum absolute atomic E-state index is 12.0. The van der Waals surface area contributed by atoms with Crippen molar-refractivity contribution in [3.8, 4) is 0 Å². The Balaban J connectivity index is 2.14. The molecule has 1 aromatic rings. The van der Waals surface area contributed by atoms with Gasteiger partial charge >= 0.3 is 0 Å². The summed E-state index contributed by atoms with van der Waals surface area (Å²) in [5.74, 6) is 1.16. The van der Waals surface area contributed by atoms with E-state index in [1.807, 2.05) is 11.9 Å². The third-order valence-electron chi connectivity index (χ3n) is 3.71. The van der Waals surface area contributed by atoms with Crippen LogP contribution in [-0.4, -0.2) is 37.7 Å². The van der Waals surface area contributed by atoms with Crippen LogP contribution < -0.4 is 0 Å². The summed E-state index contributed by atoms with van der Waals surface area (Å²) in [5.41, 5.74) is 0.896. The summed E-state index contributed by atoms with van der Waals surface area (Å²) in [6.07, 6.45) is 1.06. The van der Waals surface area contributed by atoms with E-state index in [1.165, 1.54) is 0 Å². The third kappa shape index (κ3) is 3.11. The van der Waals surface area contributed by atoms with E-state index in [9.17, 15) is 4.79 Å². The first-order valence-electron chi connectivity index (χ1n) is 6.35. The Morgan fingerprint density at radius 3 is 2.74 bits per heavy atom. The SMILES string of the molecule is CC(C)[C@@H]1C[C@H]1N(Cc1c(Br)nnn1C)C(=O)CCl. The first kappa shape index (κ1) is 14.8. The summed E-state index contributed by atoms with van der Waals surface area (Å²) in [4.78, 5) is 13.9. The lowest BCUT2D eigenvalue weighted by Gasteiger charge is -2.23. The molecule has 5 nitrogen and oxygen atoms in total. The lowest BCUT2D eigenvalue weighted by Crippen LogP contribution is -2.35. The van der Waals surface area contributed by atoms with Crippen molar-refractivity contribution in [2.45, 2.75) is 32.9 Å². The molecule has 0 spiro atoms. The maximum atomic E-state index is 12.0. The number of alkyl halides is 1. The molecule has 2 atom stereocenters. The van der Waals surface area contributed by atoms with E-state index < -0.39 is 0 Å². The van der Waals surface area contributed by atoms with Gasteiger partial charge in [0.15, 0.2) is 4.60 Å². The number of aromatic nitrogens is 3. The normalized spacial score (nSPS) is 21.8. The molecule has 19 heavy (non-hydrogen) atoms. The monoisotopic (exact) mass is 348 g/mol. The highest BCUT2D eigenvalue weighted by Crippen LogP contribution is 2.42. The van der Waals surface area contributed by atoms with Gasteiger partial charge < -0.3 is 4.90 Å². The lowest BCUT2D eigenvalue weighted by molar-refractivity contribution is -0.130. The van der Waals surface area contributed by atoms with Crippen LogP contribution in [0.25, 0.3) is 0 Å². The molecule has 106 valence electrons. The van der Waals surface area contributed by atoms with Crippen LogP contribution >= 0.6 is 27.5 Å². The number of rotatable bonds is 5. The minimum absolute atomic E-state index is 0.0181. The van der Waals surface area contributed by atoms with E-state index in [-0.39, 0.29) is 11.8 Å². The van der Waals surface area contributed by atoms with Gasteiger partial charge in [0.05, 0.1) is 12.2 Å². The second-order valence-electron chi connectivity index (χ2n) is 5.32. The highest BCUT2D eigenvalue weighted by molar-refractivity contribution is 9.10. The Kier molecular flexibility index (Phi) is 4.50. The molecule has 1 heterocycles. The Labute approximate surface area is 126 Å². The molecular weight excluding hydrogens is 332 g/mol. The van der Waals surface area contributed by atoms with Gasteiger partial charge in [-0.25, -0.2) is 4.68 Å². The number of amides is 1. The molecule has 1 aliphatic carbocycles. The summed E-state index contributed by atoms with van der Waals surface area (Å²) in [5, 5.41) is 7.88. The van der Waals surface area contributed by atoms with E-state index in [0.717, 1.165) is 12.1 Å². The summed E-state index contributed by atoms with van der Waals surface area (Å²) >= 11 is 9.09.